The molecule has 0 aliphatic rings. The number of carbonyl (C=O) groups excluding carboxylic acids is 1. The van der Waals surface area contributed by atoms with Gasteiger partial charge in [-0.25, -0.2) is 4.79 Å². The molecule has 0 spiro atoms. The molecule has 16 heavy (non-hydrogen) atoms. The minimum Gasteiger partial charge on any atom is -0.334 e. The molecule has 0 saturated heterocycles. The molecule has 1 rings (SSSR count). The fourth-order valence-corrected chi connectivity index (χ4v) is 1.07. The summed E-state index contributed by atoms with van der Waals surface area (Å²) in [5, 5.41) is 13.9. The molecular formula is C12H13N3O. The normalized spacial score (nSPS) is 9.00. The highest BCUT2D eigenvalue weighted by Crippen LogP contribution is 2.09. The van der Waals surface area contributed by atoms with Crippen molar-refractivity contribution in [3.63, 3.8) is 0 Å². The molecule has 82 valence electrons. The van der Waals surface area contributed by atoms with Gasteiger partial charge in [-0.15, -0.1) is 0 Å². The molecule has 0 bridgehead atoms. The predicted molar refractivity (Wildman–Crippen MR) is 63.0 cm³/mol. The van der Waals surface area contributed by atoms with Crippen molar-refractivity contribution >= 4 is 11.7 Å². The maximum Gasteiger partial charge on any atom is 0.319 e. The number of anilines is 1. The first-order valence-corrected chi connectivity index (χ1v) is 4.81. The van der Waals surface area contributed by atoms with Crippen molar-refractivity contribution in [1.82, 2.24) is 5.32 Å². The van der Waals surface area contributed by atoms with Crippen LogP contribution in [-0.4, -0.2) is 12.6 Å². The molecule has 0 aliphatic heterocycles. The van der Waals surface area contributed by atoms with Crippen LogP contribution in [0.2, 0.25) is 0 Å². The minimum absolute atomic E-state index is 0.307. The Morgan fingerprint density at radius 3 is 2.94 bits per heavy atom. The molecule has 0 aromatic heterocycles. The Morgan fingerprint density at radius 2 is 2.31 bits per heavy atom. The molecule has 1 aromatic rings. The topological polar surface area (TPSA) is 64.9 Å². The molecule has 2 amide bonds. The Bertz CT molecular complexity index is 446. The maximum atomic E-state index is 11.4. The molecule has 0 atom stereocenters. The number of nitrogens with zero attached hydrogens (tertiary/aromatic N) is 1. The van der Waals surface area contributed by atoms with E-state index in [0.717, 1.165) is 5.57 Å². The van der Waals surface area contributed by atoms with Crippen LogP contribution in [0.5, 0.6) is 0 Å². The number of carbonyl (C=O) groups is 1. The Kier molecular flexibility index (Phi) is 4.10. The molecule has 0 heterocycles. The lowest BCUT2D eigenvalue weighted by atomic mass is 10.2. The van der Waals surface area contributed by atoms with E-state index in [1.54, 1.807) is 24.3 Å². The van der Waals surface area contributed by atoms with Crippen LogP contribution in [0.4, 0.5) is 10.5 Å². The lowest BCUT2D eigenvalue weighted by Crippen LogP contribution is -2.29. The second-order valence-electron chi connectivity index (χ2n) is 3.46. The van der Waals surface area contributed by atoms with Crippen LogP contribution in [0.25, 0.3) is 0 Å². The molecule has 0 fully saturated rings. The van der Waals surface area contributed by atoms with Crippen molar-refractivity contribution < 1.29 is 4.79 Å². The molecule has 4 nitrogen and oxygen atoms in total. The number of hydrogen-bond donors (Lipinski definition) is 2. The van der Waals surface area contributed by atoms with Gasteiger partial charge in [0.2, 0.25) is 0 Å². The molecule has 0 unspecified atom stereocenters. The van der Waals surface area contributed by atoms with E-state index >= 15 is 0 Å². The molecule has 2 N–H and O–H groups in total. The Morgan fingerprint density at radius 1 is 1.56 bits per heavy atom. The molecule has 0 radical (unpaired) electrons. The zero-order valence-electron chi connectivity index (χ0n) is 9.08. The lowest BCUT2D eigenvalue weighted by molar-refractivity contribution is 0.253. The first kappa shape index (κ1) is 11.8. The number of rotatable bonds is 3. The summed E-state index contributed by atoms with van der Waals surface area (Å²) < 4.78 is 0. The van der Waals surface area contributed by atoms with Crippen LogP contribution < -0.4 is 10.6 Å². The fraction of sp³-hybridized carbons (Fsp3) is 0.167. The van der Waals surface area contributed by atoms with E-state index in [1.807, 2.05) is 13.0 Å². The highest BCUT2D eigenvalue weighted by Gasteiger charge is 2.01. The van der Waals surface area contributed by atoms with E-state index < -0.39 is 0 Å². The average Bonchev–Trinajstić information content (AvgIpc) is 2.26. The number of benzene rings is 1. The van der Waals surface area contributed by atoms with E-state index in [9.17, 15) is 4.79 Å². The van der Waals surface area contributed by atoms with Crippen LogP contribution in [-0.2, 0) is 0 Å². The first-order valence-electron chi connectivity index (χ1n) is 4.81. The summed E-state index contributed by atoms with van der Waals surface area (Å²) in [6, 6.07) is 8.43. The van der Waals surface area contributed by atoms with Gasteiger partial charge in [0.25, 0.3) is 0 Å². The third kappa shape index (κ3) is 3.84. The van der Waals surface area contributed by atoms with Gasteiger partial charge in [0.1, 0.15) is 0 Å². The Balaban J connectivity index is 2.56. The summed E-state index contributed by atoms with van der Waals surface area (Å²) in [5.41, 5.74) is 1.98. The second kappa shape index (κ2) is 5.56. The lowest BCUT2D eigenvalue weighted by Gasteiger charge is -2.07. The molecule has 1 aromatic carbocycles. The smallest absolute Gasteiger partial charge is 0.319 e. The summed E-state index contributed by atoms with van der Waals surface area (Å²) in [6.45, 7) is 5.94. The van der Waals surface area contributed by atoms with E-state index in [0.29, 0.717) is 17.8 Å². The van der Waals surface area contributed by atoms with Crippen LogP contribution >= 0.6 is 0 Å². The van der Waals surface area contributed by atoms with Gasteiger partial charge in [-0.2, -0.15) is 5.26 Å². The molecular weight excluding hydrogens is 202 g/mol. The molecule has 0 aliphatic carbocycles. The Hall–Kier alpha value is -2.28. The van der Waals surface area contributed by atoms with Gasteiger partial charge in [-0.3, -0.25) is 0 Å². The van der Waals surface area contributed by atoms with E-state index in [2.05, 4.69) is 17.2 Å². The number of hydrogen-bond acceptors (Lipinski definition) is 2. The largest absolute Gasteiger partial charge is 0.334 e. The van der Waals surface area contributed by atoms with E-state index in [1.165, 1.54) is 0 Å². The van der Waals surface area contributed by atoms with Crippen molar-refractivity contribution in [3.8, 4) is 6.07 Å². The minimum atomic E-state index is -0.307. The average molecular weight is 215 g/mol. The van der Waals surface area contributed by atoms with E-state index in [4.69, 9.17) is 5.26 Å². The van der Waals surface area contributed by atoms with Gasteiger partial charge in [0, 0.05) is 12.2 Å². The Labute approximate surface area is 94.6 Å². The van der Waals surface area contributed by atoms with Gasteiger partial charge >= 0.3 is 6.03 Å². The third-order valence-corrected chi connectivity index (χ3v) is 1.80. The summed E-state index contributed by atoms with van der Waals surface area (Å²) in [4.78, 5) is 11.4. The predicted octanol–water partition coefficient (Wildman–Crippen LogP) is 2.26. The SMILES string of the molecule is C=C(C)CNC(=O)Nc1cccc(C#N)c1. The van der Waals surface area contributed by atoms with Gasteiger partial charge in [-0.05, 0) is 25.1 Å². The van der Waals surface area contributed by atoms with E-state index in [-0.39, 0.29) is 6.03 Å². The molecule has 0 saturated carbocycles. The highest BCUT2D eigenvalue weighted by molar-refractivity contribution is 5.89. The van der Waals surface area contributed by atoms with Crippen LogP contribution in [0.15, 0.2) is 36.4 Å². The van der Waals surface area contributed by atoms with Crippen LogP contribution in [0.3, 0.4) is 0 Å². The maximum absolute atomic E-state index is 11.4. The second-order valence-corrected chi connectivity index (χ2v) is 3.46. The van der Waals surface area contributed by atoms with Crippen molar-refractivity contribution in [1.29, 1.82) is 5.26 Å². The number of urea groups is 1. The van der Waals surface area contributed by atoms with Gasteiger partial charge in [0.05, 0.1) is 11.6 Å². The number of nitrogens with one attached hydrogen (secondary N) is 2. The standard InChI is InChI=1S/C12H13N3O/c1-9(2)8-14-12(16)15-11-5-3-4-10(6-11)7-13/h3-6H,1,8H2,2H3,(H2,14,15,16). The van der Waals surface area contributed by atoms with Gasteiger partial charge < -0.3 is 10.6 Å². The van der Waals surface area contributed by atoms with Crippen molar-refractivity contribution in [2.45, 2.75) is 6.92 Å². The fourth-order valence-electron chi connectivity index (χ4n) is 1.07. The van der Waals surface area contributed by atoms with Crippen molar-refractivity contribution in [3.05, 3.63) is 42.0 Å². The quantitative estimate of drug-likeness (QED) is 0.759. The first-order chi connectivity index (χ1) is 7.61. The monoisotopic (exact) mass is 215 g/mol. The van der Waals surface area contributed by atoms with Crippen molar-refractivity contribution in [2.75, 3.05) is 11.9 Å². The van der Waals surface area contributed by atoms with Crippen LogP contribution in [0, 0.1) is 11.3 Å². The summed E-state index contributed by atoms with van der Waals surface area (Å²) in [7, 11) is 0. The van der Waals surface area contributed by atoms with Crippen molar-refractivity contribution in [2.24, 2.45) is 0 Å². The third-order valence-electron chi connectivity index (χ3n) is 1.80. The number of nitriles is 1. The zero-order valence-corrected chi connectivity index (χ0v) is 9.08. The van der Waals surface area contributed by atoms with Crippen LogP contribution in [0.1, 0.15) is 12.5 Å². The zero-order chi connectivity index (χ0) is 12.0. The van der Waals surface area contributed by atoms with Gasteiger partial charge in [-0.1, -0.05) is 18.2 Å². The van der Waals surface area contributed by atoms with Gasteiger partial charge in [0.15, 0.2) is 0 Å². The number of amides is 2. The summed E-state index contributed by atoms with van der Waals surface area (Å²) in [5.74, 6) is 0. The highest BCUT2D eigenvalue weighted by atomic mass is 16.2. The summed E-state index contributed by atoms with van der Waals surface area (Å²) in [6.07, 6.45) is 0. The molecule has 4 heteroatoms. The summed E-state index contributed by atoms with van der Waals surface area (Å²) >= 11 is 0.